The molecule has 5 rings (SSSR count). The Morgan fingerprint density at radius 1 is 1.07 bits per heavy atom. The summed E-state index contributed by atoms with van der Waals surface area (Å²) in [6.07, 6.45) is 5.15. The maximum atomic E-state index is 14.3. The van der Waals surface area contributed by atoms with Crippen LogP contribution in [0.25, 0.3) is 27.8 Å². The van der Waals surface area contributed by atoms with Crippen molar-refractivity contribution in [2.24, 2.45) is 10.7 Å². The van der Waals surface area contributed by atoms with Crippen LogP contribution in [0.1, 0.15) is 49.0 Å². The summed E-state index contributed by atoms with van der Waals surface area (Å²) in [5.41, 5.74) is 8.01. The minimum Gasteiger partial charge on any atom is -0.394 e. The second-order valence-corrected chi connectivity index (χ2v) is 10.6. The summed E-state index contributed by atoms with van der Waals surface area (Å²) in [5, 5.41) is 2.90. The van der Waals surface area contributed by atoms with Crippen molar-refractivity contribution < 1.29 is 14.0 Å². The van der Waals surface area contributed by atoms with E-state index < -0.39 is 29.0 Å². The van der Waals surface area contributed by atoms with E-state index in [1.165, 1.54) is 15.2 Å². The Kier molecular flexibility index (Phi) is 8.42. The summed E-state index contributed by atoms with van der Waals surface area (Å²) in [4.78, 5) is 59.4. The molecule has 4 aromatic rings. The number of amides is 1. The van der Waals surface area contributed by atoms with Gasteiger partial charge in [-0.15, -0.1) is 0 Å². The van der Waals surface area contributed by atoms with Gasteiger partial charge in [0.15, 0.2) is 5.65 Å². The lowest BCUT2D eigenvalue weighted by atomic mass is 9.90. The highest BCUT2D eigenvalue weighted by atomic mass is 19.1. The first-order chi connectivity index (χ1) is 20.7. The lowest BCUT2D eigenvalue weighted by Crippen LogP contribution is -2.45. The van der Waals surface area contributed by atoms with Gasteiger partial charge in [-0.05, 0) is 68.0 Å². The Morgan fingerprint density at radius 3 is 2.47 bits per heavy atom. The number of pyridine rings is 1. The number of aldehydes is 1. The van der Waals surface area contributed by atoms with Crippen LogP contribution in [-0.4, -0.2) is 45.1 Å². The molecule has 2 aromatic carbocycles. The summed E-state index contributed by atoms with van der Waals surface area (Å²) in [6.45, 7) is 1.74. The Morgan fingerprint density at radius 2 is 1.79 bits per heavy atom. The van der Waals surface area contributed by atoms with Gasteiger partial charge >= 0.3 is 5.69 Å². The minimum absolute atomic E-state index is 0.0124. The number of halogens is 1. The standard InChI is InChI=1S/C32H31FN6O4/c1-19(35-2)14-28(34)30(41)37-24-10-12-25(13-11-24)39-31(42)27-16-23(33)17-36-29(27)38(32(39)43)26-5-3-4-22(15-26)21-8-6-20(18-40)7-9-21/h3-9,14-18,24-25H,10-13,34H2,1-2H3,(H,37,41). The largest absolute Gasteiger partial charge is 0.394 e. The van der Waals surface area contributed by atoms with E-state index in [1.54, 1.807) is 56.4 Å². The van der Waals surface area contributed by atoms with Gasteiger partial charge in [-0.2, -0.15) is 0 Å². The third kappa shape index (κ3) is 6.06. The molecule has 1 aliphatic rings. The van der Waals surface area contributed by atoms with Crippen LogP contribution in [0.2, 0.25) is 0 Å². The van der Waals surface area contributed by atoms with Crippen molar-refractivity contribution in [3.8, 4) is 16.8 Å². The van der Waals surface area contributed by atoms with E-state index in [-0.39, 0.29) is 22.8 Å². The Balaban J connectivity index is 1.50. The number of hydrogen-bond acceptors (Lipinski definition) is 7. The van der Waals surface area contributed by atoms with Crippen LogP contribution in [0.3, 0.4) is 0 Å². The molecule has 0 unspecified atom stereocenters. The average molecular weight is 583 g/mol. The van der Waals surface area contributed by atoms with Crippen molar-refractivity contribution in [1.29, 1.82) is 0 Å². The highest BCUT2D eigenvalue weighted by Crippen LogP contribution is 2.28. The van der Waals surface area contributed by atoms with Gasteiger partial charge in [0.25, 0.3) is 11.5 Å². The van der Waals surface area contributed by atoms with Crippen LogP contribution in [0.4, 0.5) is 4.39 Å². The highest BCUT2D eigenvalue weighted by molar-refractivity contribution is 6.02. The maximum Gasteiger partial charge on any atom is 0.337 e. The van der Waals surface area contributed by atoms with Crippen molar-refractivity contribution >= 4 is 28.9 Å². The predicted octanol–water partition coefficient (Wildman–Crippen LogP) is 3.70. The van der Waals surface area contributed by atoms with Crippen LogP contribution in [-0.2, 0) is 4.79 Å². The predicted molar refractivity (Wildman–Crippen MR) is 163 cm³/mol. The van der Waals surface area contributed by atoms with E-state index in [4.69, 9.17) is 5.73 Å². The molecule has 43 heavy (non-hydrogen) atoms. The van der Waals surface area contributed by atoms with E-state index in [0.29, 0.717) is 42.6 Å². The molecule has 1 aliphatic carbocycles. The van der Waals surface area contributed by atoms with E-state index in [0.717, 1.165) is 29.7 Å². The molecule has 0 radical (unpaired) electrons. The topological polar surface area (TPSA) is 141 Å². The first-order valence-corrected chi connectivity index (χ1v) is 13.9. The quantitative estimate of drug-likeness (QED) is 0.193. The molecule has 1 saturated carbocycles. The molecule has 11 heteroatoms. The molecule has 0 aliphatic heterocycles. The van der Waals surface area contributed by atoms with E-state index in [9.17, 15) is 23.6 Å². The zero-order valence-electron chi connectivity index (χ0n) is 23.8. The molecular formula is C32H31FN6O4. The third-order valence-electron chi connectivity index (χ3n) is 7.75. The van der Waals surface area contributed by atoms with Crippen molar-refractivity contribution in [2.75, 3.05) is 7.05 Å². The highest BCUT2D eigenvalue weighted by Gasteiger charge is 2.28. The SMILES string of the molecule is CN=C(C)C=C(N)C(=O)NC1CCC(n2c(=O)c3cc(F)cnc3n(-c3cccc(-c4ccc(C=O)cc4)c3)c2=O)CC1. The second-order valence-electron chi connectivity index (χ2n) is 10.6. The van der Waals surface area contributed by atoms with E-state index in [2.05, 4.69) is 15.3 Å². The first kappa shape index (κ1) is 29.3. The van der Waals surface area contributed by atoms with Gasteiger partial charge in [-0.1, -0.05) is 36.4 Å². The molecule has 0 spiro atoms. The number of hydrogen-bond donors (Lipinski definition) is 2. The van der Waals surface area contributed by atoms with Gasteiger partial charge in [-0.3, -0.25) is 23.9 Å². The Bertz CT molecular complexity index is 1880. The number of benzene rings is 2. The summed E-state index contributed by atoms with van der Waals surface area (Å²) in [7, 11) is 1.61. The molecule has 2 heterocycles. The number of aliphatic imine (C=N–C) groups is 1. The van der Waals surface area contributed by atoms with E-state index >= 15 is 0 Å². The fourth-order valence-electron chi connectivity index (χ4n) is 5.42. The van der Waals surface area contributed by atoms with Crippen LogP contribution in [0.5, 0.6) is 0 Å². The zero-order valence-corrected chi connectivity index (χ0v) is 23.8. The van der Waals surface area contributed by atoms with Crippen molar-refractivity contribution in [3.63, 3.8) is 0 Å². The summed E-state index contributed by atoms with van der Waals surface area (Å²) < 4.78 is 16.8. The monoisotopic (exact) mass is 582 g/mol. The number of nitrogens with zero attached hydrogens (tertiary/aromatic N) is 4. The molecule has 220 valence electrons. The minimum atomic E-state index is -0.689. The molecule has 0 atom stereocenters. The summed E-state index contributed by atoms with van der Waals surface area (Å²) >= 11 is 0. The number of fused-ring (bicyclic) bond motifs is 1. The maximum absolute atomic E-state index is 14.3. The van der Waals surface area contributed by atoms with Crippen LogP contribution in [0.15, 0.2) is 87.1 Å². The van der Waals surface area contributed by atoms with E-state index in [1.807, 2.05) is 6.07 Å². The van der Waals surface area contributed by atoms with Gasteiger partial charge in [0.2, 0.25) is 0 Å². The number of allylic oxidation sites excluding steroid dienone is 1. The Labute approximate surface area is 246 Å². The lowest BCUT2D eigenvalue weighted by Gasteiger charge is -2.30. The summed E-state index contributed by atoms with van der Waals surface area (Å²) in [5.74, 6) is -1.09. The normalized spacial score (nSPS) is 17.6. The number of nitrogens with two attached hydrogens (primary N) is 1. The zero-order chi connectivity index (χ0) is 30.7. The van der Waals surface area contributed by atoms with Gasteiger partial charge in [0.05, 0.1) is 23.0 Å². The van der Waals surface area contributed by atoms with Crippen molar-refractivity contribution in [2.45, 2.75) is 44.7 Å². The fraction of sp³-hybridized carbons (Fsp3) is 0.250. The van der Waals surface area contributed by atoms with Crippen LogP contribution < -0.4 is 22.3 Å². The molecule has 3 N–H and O–H groups in total. The summed E-state index contributed by atoms with van der Waals surface area (Å²) in [6, 6.07) is 14.6. The molecule has 0 saturated heterocycles. The number of rotatable bonds is 7. The number of carbonyl (C=O) groups excluding carboxylic acids is 2. The molecule has 0 bridgehead atoms. The van der Waals surface area contributed by atoms with Crippen LogP contribution >= 0.6 is 0 Å². The smallest absolute Gasteiger partial charge is 0.337 e. The third-order valence-corrected chi connectivity index (χ3v) is 7.75. The van der Waals surface area contributed by atoms with Gasteiger partial charge in [-0.25, -0.2) is 18.7 Å². The number of carbonyl (C=O) groups is 2. The molecule has 1 amide bonds. The average Bonchev–Trinajstić information content (AvgIpc) is 3.02. The first-order valence-electron chi connectivity index (χ1n) is 13.9. The number of nitrogens with one attached hydrogen (secondary N) is 1. The molecule has 10 nitrogen and oxygen atoms in total. The second kappa shape index (κ2) is 12.4. The lowest BCUT2D eigenvalue weighted by molar-refractivity contribution is -0.118. The number of aromatic nitrogens is 3. The van der Waals surface area contributed by atoms with Crippen LogP contribution in [0, 0.1) is 5.82 Å². The molecular weight excluding hydrogens is 551 g/mol. The van der Waals surface area contributed by atoms with Gasteiger partial charge in [0.1, 0.15) is 12.1 Å². The fourth-order valence-corrected chi connectivity index (χ4v) is 5.42. The molecule has 2 aromatic heterocycles. The van der Waals surface area contributed by atoms with Crippen molar-refractivity contribution in [3.05, 3.63) is 105 Å². The molecule has 1 fully saturated rings. The van der Waals surface area contributed by atoms with Gasteiger partial charge < -0.3 is 11.1 Å². The Hall–Kier alpha value is -5.19. The van der Waals surface area contributed by atoms with Gasteiger partial charge in [0, 0.05) is 30.4 Å². The van der Waals surface area contributed by atoms with Crippen molar-refractivity contribution in [1.82, 2.24) is 19.4 Å².